The Hall–Kier alpha value is -1.97. The molecule has 0 radical (unpaired) electrons. The second-order valence-electron chi connectivity index (χ2n) is 5.25. The molecule has 0 bridgehead atoms. The third-order valence-electron chi connectivity index (χ3n) is 3.61. The number of hydrogen-bond donors (Lipinski definition) is 2. The van der Waals surface area contributed by atoms with Crippen LogP contribution in [-0.2, 0) is 21.4 Å². The Morgan fingerprint density at radius 1 is 1.40 bits per heavy atom. The van der Waals surface area contributed by atoms with Crippen LogP contribution in [0.1, 0.15) is 12.5 Å². The van der Waals surface area contributed by atoms with Gasteiger partial charge in [0.25, 0.3) is 10.0 Å². The highest BCUT2D eigenvalue weighted by Gasteiger charge is 2.26. The molecule has 7 nitrogen and oxygen atoms in total. The van der Waals surface area contributed by atoms with Gasteiger partial charge in [0.1, 0.15) is 0 Å². The second kappa shape index (κ2) is 6.74. The van der Waals surface area contributed by atoms with Gasteiger partial charge in [-0.3, -0.25) is 4.79 Å². The fourth-order valence-corrected chi connectivity index (χ4v) is 4.75. The smallest absolute Gasteiger partial charge is 0.286 e. The molecule has 1 amide bonds. The standard InChI is InChI=1S/C15H15ClN4O3S2/c1-9(21)17-7-10-8-20(12-6-4-3-5-11(10)12)25(22,23)14-13(16)18-15(19-14)24-2/h3-6,8H,7H2,1-2H3,(H,17,21)(H,18,19). The highest BCUT2D eigenvalue weighted by molar-refractivity contribution is 7.98. The summed E-state index contributed by atoms with van der Waals surface area (Å²) < 4.78 is 27.3. The molecule has 0 spiro atoms. The zero-order valence-corrected chi connectivity index (χ0v) is 15.8. The van der Waals surface area contributed by atoms with E-state index < -0.39 is 10.0 Å². The lowest BCUT2D eigenvalue weighted by Gasteiger charge is -2.05. The van der Waals surface area contributed by atoms with E-state index in [4.69, 9.17) is 11.6 Å². The number of carbonyl (C=O) groups excluding carboxylic acids is 1. The number of rotatable bonds is 5. The van der Waals surface area contributed by atoms with Crippen molar-refractivity contribution in [3.63, 3.8) is 0 Å². The van der Waals surface area contributed by atoms with Gasteiger partial charge in [0.15, 0.2) is 15.3 Å². The van der Waals surface area contributed by atoms with E-state index in [1.165, 1.54) is 24.9 Å². The van der Waals surface area contributed by atoms with Crippen molar-refractivity contribution in [2.24, 2.45) is 0 Å². The van der Waals surface area contributed by atoms with Crippen LogP contribution >= 0.6 is 23.4 Å². The van der Waals surface area contributed by atoms with Gasteiger partial charge in [-0.15, -0.1) is 0 Å². The van der Waals surface area contributed by atoms with Crippen LogP contribution in [0.3, 0.4) is 0 Å². The topological polar surface area (TPSA) is 96.8 Å². The van der Waals surface area contributed by atoms with Crippen molar-refractivity contribution >= 4 is 50.2 Å². The molecule has 10 heteroatoms. The number of para-hydroxylation sites is 1. The predicted molar refractivity (Wildman–Crippen MR) is 97.4 cm³/mol. The normalized spacial score (nSPS) is 11.8. The summed E-state index contributed by atoms with van der Waals surface area (Å²) in [4.78, 5) is 17.9. The molecule has 25 heavy (non-hydrogen) atoms. The Morgan fingerprint density at radius 3 is 2.76 bits per heavy atom. The minimum atomic E-state index is -3.96. The third-order valence-corrected chi connectivity index (χ3v) is 6.20. The van der Waals surface area contributed by atoms with Gasteiger partial charge in [0, 0.05) is 25.1 Å². The number of nitrogens with zero attached hydrogens (tertiary/aromatic N) is 2. The first-order valence-corrected chi connectivity index (χ1v) is 10.3. The fourth-order valence-electron chi connectivity index (χ4n) is 2.46. The van der Waals surface area contributed by atoms with E-state index in [0.717, 1.165) is 9.36 Å². The number of aromatic nitrogens is 3. The van der Waals surface area contributed by atoms with Crippen LogP contribution in [0, 0.1) is 0 Å². The first-order valence-electron chi connectivity index (χ1n) is 7.23. The maximum absolute atomic E-state index is 13.1. The monoisotopic (exact) mass is 398 g/mol. The molecule has 0 aliphatic carbocycles. The SMILES string of the molecule is CSc1nc(Cl)c(S(=O)(=O)n2cc(CNC(C)=O)c3ccccc32)[nH]1. The molecule has 0 aliphatic rings. The number of nitrogens with one attached hydrogen (secondary N) is 2. The zero-order chi connectivity index (χ0) is 18.2. The maximum Gasteiger partial charge on any atom is 0.286 e. The average Bonchev–Trinajstić information content (AvgIpc) is 3.14. The molecule has 3 rings (SSSR count). The quantitative estimate of drug-likeness (QED) is 0.644. The highest BCUT2D eigenvalue weighted by Crippen LogP contribution is 2.29. The van der Waals surface area contributed by atoms with Crippen molar-refractivity contribution in [3.05, 3.63) is 41.2 Å². The van der Waals surface area contributed by atoms with Crippen LogP contribution in [0.15, 0.2) is 40.6 Å². The minimum absolute atomic E-state index is 0.106. The number of H-pyrrole nitrogens is 1. The second-order valence-corrected chi connectivity index (χ2v) is 8.15. The number of hydrogen-bond acceptors (Lipinski definition) is 5. The van der Waals surface area contributed by atoms with Gasteiger partial charge in [0.2, 0.25) is 5.91 Å². The molecule has 2 N–H and O–H groups in total. The van der Waals surface area contributed by atoms with Gasteiger partial charge in [-0.25, -0.2) is 8.96 Å². The molecule has 132 valence electrons. The van der Waals surface area contributed by atoms with Crippen LogP contribution in [0.2, 0.25) is 5.15 Å². The van der Waals surface area contributed by atoms with E-state index in [0.29, 0.717) is 16.2 Å². The van der Waals surface area contributed by atoms with Crippen molar-refractivity contribution in [1.29, 1.82) is 0 Å². The van der Waals surface area contributed by atoms with E-state index in [2.05, 4.69) is 15.3 Å². The molecule has 2 aromatic heterocycles. The summed E-state index contributed by atoms with van der Waals surface area (Å²) in [6, 6.07) is 7.06. The van der Waals surface area contributed by atoms with E-state index in [1.54, 1.807) is 24.5 Å². The third kappa shape index (κ3) is 3.26. The number of amides is 1. The minimum Gasteiger partial charge on any atom is -0.352 e. The first-order chi connectivity index (χ1) is 11.8. The molecule has 2 heterocycles. The molecule has 0 unspecified atom stereocenters. The first kappa shape index (κ1) is 17.8. The number of thioether (sulfide) groups is 1. The van der Waals surface area contributed by atoms with Crippen molar-refractivity contribution in [3.8, 4) is 0 Å². The summed E-state index contributed by atoms with van der Waals surface area (Å²) >= 11 is 7.28. The maximum atomic E-state index is 13.1. The van der Waals surface area contributed by atoms with Gasteiger partial charge in [0.05, 0.1) is 5.52 Å². The molecule has 3 aromatic rings. The number of benzene rings is 1. The number of imidazole rings is 1. The highest BCUT2D eigenvalue weighted by atomic mass is 35.5. The van der Waals surface area contributed by atoms with E-state index >= 15 is 0 Å². The van der Waals surface area contributed by atoms with Crippen molar-refractivity contribution in [2.45, 2.75) is 23.7 Å². The van der Waals surface area contributed by atoms with Crippen molar-refractivity contribution in [2.75, 3.05) is 6.26 Å². The van der Waals surface area contributed by atoms with Crippen LogP contribution in [0.5, 0.6) is 0 Å². The van der Waals surface area contributed by atoms with Crippen LogP contribution in [-0.4, -0.2) is 34.5 Å². The van der Waals surface area contributed by atoms with Crippen LogP contribution in [0.25, 0.3) is 10.9 Å². The van der Waals surface area contributed by atoms with Crippen molar-refractivity contribution in [1.82, 2.24) is 19.3 Å². The fraction of sp³-hybridized carbons (Fsp3) is 0.200. The zero-order valence-electron chi connectivity index (χ0n) is 13.4. The lowest BCUT2D eigenvalue weighted by atomic mass is 10.2. The Labute approximate surface area is 153 Å². The summed E-state index contributed by atoms with van der Waals surface area (Å²) in [6.07, 6.45) is 3.26. The molecule has 0 atom stereocenters. The Kier molecular flexibility index (Phi) is 4.81. The molecule has 0 saturated heterocycles. The summed E-state index contributed by atoms with van der Waals surface area (Å²) in [7, 11) is -3.96. The van der Waals surface area contributed by atoms with Crippen LogP contribution < -0.4 is 5.32 Å². The Morgan fingerprint density at radius 2 is 2.12 bits per heavy atom. The predicted octanol–water partition coefficient (Wildman–Crippen LogP) is 2.61. The molecular weight excluding hydrogens is 384 g/mol. The molecule has 0 saturated carbocycles. The number of carbonyl (C=O) groups is 1. The molecule has 1 aromatic carbocycles. The Balaban J connectivity index is 2.17. The summed E-state index contributed by atoms with van der Waals surface area (Å²) in [5.74, 6) is -0.194. The van der Waals surface area contributed by atoms with Crippen LogP contribution in [0.4, 0.5) is 0 Å². The summed E-state index contributed by atoms with van der Waals surface area (Å²) in [6.45, 7) is 1.63. The molecule has 0 fully saturated rings. The number of halogens is 1. The van der Waals surface area contributed by atoms with Gasteiger partial charge in [-0.05, 0) is 17.9 Å². The average molecular weight is 399 g/mol. The number of aromatic amines is 1. The van der Waals surface area contributed by atoms with Gasteiger partial charge < -0.3 is 10.3 Å². The largest absolute Gasteiger partial charge is 0.352 e. The number of fused-ring (bicyclic) bond motifs is 1. The van der Waals surface area contributed by atoms with Gasteiger partial charge >= 0.3 is 0 Å². The van der Waals surface area contributed by atoms with E-state index in [1.807, 2.05) is 6.07 Å². The molecular formula is C15H15ClN4O3S2. The summed E-state index contributed by atoms with van der Waals surface area (Å²) in [5, 5.41) is 3.57. The lowest BCUT2D eigenvalue weighted by molar-refractivity contribution is -0.119. The lowest BCUT2D eigenvalue weighted by Crippen LogP contribution is -2.18. The van der Waals surface area contributed by atoms with E-state index in [-0.39, 0.29) is 22.6 Å². The van der Waals surface area contributed by atoms with Crippen molar-refractivity contribution < 1.29 is 13.2 Å². The molecule has 0 aliphatic heterocycles. The Bertz CT molecular complexity index is 1060. The van der Waals surface area contributed by atoms with Gasteiger partial charge in [-0.1, -0.05) is 41.6 Å². The van der Waals surface area contributed by atoms with E-state index in [9.17, 15) is 13.2 Å². The summed E-state index contributed by atoms with van der Waals surface area (Å²) in [5.41, 5.74) is 1.19. The van der Waals surface area contributed by atoms with Gasteiger partial charge in [-0.2, -0.15) is 8.42 Å².